The van der Waals surface area contributed by atoms with Crippen LogP contribution in [-0.4, -0.2) is 6.54 Å². The van der Waals surface area contributed by atoms with Gasteiger partial charge in [0, 0.05) is 14.6 Å². The highest BCUT2D eigenvalue weighted by atomic mass is 79.9. The van der Waals surface area contributed by atoms with E-state index in [9.17, 15) is 0 Å². The van der Waals surface area contributed by atoms with Crippen LogP contribution in [0.5, 0.6) is 0 Å². The maximum atomic E-state index is 3.59. The molecule has 1 nitrogen and oxygen atoms in total. The molecule has 2 aromatic heterocycles. The first-order chi connectivity index (χ1) is 8.91. The van der Waals surface area contributed by atoms with E-state index in [2.05, 4.69) is 73.2 Å². The van der Waals surface area contributed by atoms with Gasteiger partial charge in [-0.2, -0.15) is 0 Å². The van der Waals surface area contributed by atoms with E-state index >= 15 is 0 Å². The summed E-state index contributed by atoms with van der Waals surface area (Å²) >= 11 is 7.28. The topological polar surface area (TPSA) is 12.0 Å². The molecule has 0 fully saturated rings. The van der Waals surface area contributed by atoms with Gasteiger partial charge in [0.1, 0.15) is 0 Å². The van der Waals surface area contributed by atoms with Crippen LogP contribution in [0.25, 0.3) is 0 Å². The SMILES string of the molecule is CCNC(c1ccc(Br)s1)c1ccc(C(C)(C)C)s1. The van der Waals surface area contributed by atoms with Gasteiger partial charge >= 0.3 is 0 Å². The third kappa shape index (κ3) is 3.69. The Hall–Kier alpha value is -0.160. The number of hydrogen-bond donors (Lipinski definition) is 1. The molecule has 0 spiro atoms. The minimum atomic E-state index is 0.232. The van der Waals surface area contributed by atoms with Crippen molar-refractivity contribution in [1.29, 1.82) is 0 Å². The largest absolute Gasteiger partial charge is 0.305 e. The number of hydrogen-bond acceptors (Lipinski definition) is 3. The molecule has 0 aliphatic rings. The zero-order chi connectivity index (χ0) is 14.0. The fraction of sp³-hybridized carbons (Fsp3) is 0.467. The standard InChI is InChI=1S/C15H20BrNS2/c1-5-17-14(11-7-9-13(16)19-11)10-6-8-12(18-10)15(2,3)4/h6-9,14,17H,5H2,1-4H3. The number of halogens is 1. The Kier molecular flexibility index (Phi) is 4.88. The molecule has 0 radical (unpaired) electrons. The third-order valence-corrected chi connectivity index (χ3v) is 6.20. The van der Waals surface area contributed by atoms with E-state index in [-0.39, 0.29) is 5.41 Å². The molecule has 0 bridgehead atoms. The Morgan fingerprint density at radius 2 is 1.74 bits per heavy atom. The molecule has 1 atom stereocenters. The second-order valence-electron chi connectivity index (χ2n) is 5.58. The van der Waals surface area contributed by atoms with Crippen molar-refractivity contribution in [2.75, 3.05) is 6.54 Å². The molecule has 2 aromatic rings. The van der Waals surface area contributed by atoms with Gasteiger partial charge < -0.3 is 5.32 Å². The molecular formula is C15H20BrNS2. The summed E-state index contributed by atoms with van der Waals surface area (Å²) in [6, 6.07) is 9.20. The van der Waals surface area contributed by atoms with E-state index in [0.29, 0.717) is 6.04 Å². The first kappa shape index (κ1) is 15.2. The fourth-order valence-electron chi connectivity index (χ4n) is 1.94. The highest BCUT2D eigenvalue weighted by Crippen LogP contribution is 2.37. The number of nitrogens with one attached hydrogen (secondary N) is 1. The maximum absolute atomic E-state index is 3.59. The smallest absolute Gasteiger partial charge is 0.0765 e. The van der Waals surface area contributed by atoms with Gasteiger partial charge in [0.15, 0.2) is 0 Å². The Bertz CT molecular complexity index is 536. The highest BCUT2D eigenvalue weighted by molar-refractivity contribution is 9.11. The van der Waals surface area contributed by atoms with Crippen LogP contribution in [0.3, 0.4) is 0 Å². The van der Waals surface area contributed by atoms with Crippen LogP contribution in [0.15, 0.2) is 28.1 Å². The van der Waals surface area contributed by atoms with E-state index in [0.717, 1.165) is 6.54 Å². The summed E-state index contributed by atoms with van der Waals surface area (Å²) in [6.45, 7) is 9.95. The molecule has 2 heterocycles. The molecule has 1 N–H and O–H groups in total. The van der Waals surface area contributed by atoms with Crippen LogP contribution in [0.4, 0.5) is 0 Å². The summed E-state index contributed by atoms with van der Waals surface area (Å²) < 4.78 is 1.19. The van der Waals surface area contributed by atoms with Crippen molar-refractivity contribution in [1.82, 2.24) is 5.32 Å². The Morgan fingerprint density at radius 3 is 2.21 bits per heavy atom. The van der Waals surface area contributed by atoms with Crippen molar-refractivity contribution < 1.29 is 0 Å². The first-order valence-electron chi connectivity index (χ1n) is 6.50. The molecule has 0 aromatic carbocycles. The fourth-order valence-corrected chi connectivity index (χ4v) is 4.69. The summed E-state index contributed by atoms with van der Waals surface area (Å²) in [5.41, 5.74) is 0.232. The molecule has 0 aliphatic carbocycles. The molecular weight excluding hydrogens is 338 g/mol. The third-order valence-electron chi connectivity index (χ3n) is 2.94. The van der Waals surface area contributed by atoms with Crippen LogP contribution in [0.2, 0.25) is 0 Å². The van der Waals surface area contributed by atoms with Gasteiger partial charge in [-0.15, -0.1) is 22.7 Å². The van der Waals surface area contributed by atoms with Crippen molar-refractivity contribution in [2.45, 2.75) is 39.2 Å². The van der Waals surface area contributed by atoms with E-state index in [4.69, 9.17) is 0 Å². The van der Waals surface area contributed by atoms with E-state index in [1.165, 1.54) is 18.4 Å². The van der Waals surface area contributed by atoms with Crippen molar-refractivity contribution in [2.24, 2.45) is 0 Å². The number of rotatable bonds is 4. The predicted octanol–water partition coefficient (Wildman–Crippen LogP) is 5.57. The molecule has 4 heteroatoms. The highest BCUT2D eigenvalue weighted by Gasteiger charge is 2.21. The Labute approximate surface area is 132 Å². The molecule has 0 saturated carbocycles. The lowest BCUT2D eigenvalue weighted by Crippen LogP contribution is -2.20. The molecule has 0 amide bonds. The molecule has 19 heavy (non-hydrogen) atoms. The summed E-state index contributed by atoms with van der Waals surface area (Å²) in [5, 5.41) is 3.59. The van der Waals surface area contributed by atoms with E-state index in [1.54, 1.807) is 0 Å². The average Bonchev–Trinajstić information content (AvgIpc) is 2.93. The van der Waals surface area contributed by atoms with Crippen LogP contribution < -0.4 is 5.32 Å². The predicted molar refractivity (Wildman–Crippen MR) is 90.6 cm³/mol. The molecule has 1 unspecified atom stereocenters. The van der Waals surface area contributed by atoms with Crippen LogP contribution in [0, 0.1) is 0 Å². The monoisotopic (exact) mass is 357 g/mol. The summed E-state index contributed by atoms with van der Waals surface area (Å²) in [7, 11) is 0. The lowest BCUT2D eigenvalue weighted by atomic mass is 9.95. The van der Waals surface area contributed by atoms with Crippen LogP contribution >= 0.6 is 38.6 Å². The second kappa shape index (κ2) is 6.08. The molecule has 0 aliphatic heterocycles. The molecule has 0 saturated heterocycles. The number of thiophene rings is 2. The summed E-state index contributed by atoms with van der Waals surface area (Å²) in [5.74, 6) is 0. The molecule has 104 valence electrons. The van der Waals surface area contributed by atoms with E-state index < -0.39 is 0 Å². The van der Waals surface area contributed by atoms with Crippen LogP contribution in [-0.2, 0) is 5.41 Å². The van der Waals surface area contributed by atoms with Gasteiger partial charge in [-0.25, -0.2) is 0 Å². The van der Waals surface area contributed by atoms with Gasteiger partial charge in [-0.3, -0.25) is 0 Å². The maximum Gasteiger partial charge on any atom is 0.0765 e. The quantitative estimate of drug-likeness (QED) is 0.754. The minimum Gasteiger partial charge on any atom is -0.305 e. The minimum absolute atomic E-state index is 0.232. The van der Waals surface area contributed by atoms with Gasteiger partial charge in [0.05, 0.1) is 9.83 Å². The van der Waals surface area contributed by atoms with Gasteiger partial charge in [0.25, 0.3) is 0 Å². The molecule has 2 rings (SSSR count). The van der Waals surface area contributed by atoms with Crippen molar-refractivity contribution in [3.8, 4) is 0 Å². The normalized spacial score (nSPS) is 13.7. The van der Waals surface area contributed by atoms with Crippen molar-refractivity contribution in [3.63, 3.8) is 0 Å². The van der Waals surface area contributed by atoms with Crippen LogP contribution in [0.1, 0.15) is 48.4 Å². The van der Waals surface area contributed by atoms with Crippen molar-refractivity contribution >= 4 is 38.6 Å². The van der Waals surface area contributed by atoms with E-state index in [1.807, 2.05) is 22.7 Å². The summed E-state index contributed by atoms with van der Waals surface area (Å²) in [4.78, 5) is 4.22. The van der Waals surface area contributed by atoms with Gasteiger partial charge in [-0.05, 0) is 52.2 Å². The Morgan fingerprint density at radius 1 is 1.11 bits per heavy atom. The summed E-state index contributed by atoms with van der Waals surface area (Å²) in [6.07, 6.45) is 0. The van der Waals surface area contributed by atoms with Gasteiger partial charge in [-0.1, -0.05) is 27.7 Å². The zero-order valence-corrected chi connectivity index (χ0v) is 15.0. The average molecular weight is 358 g/mol. The second-order valence-corrected chi connectivity index (χ2v) is 9.19. The van der Waals surface area contributed by atoms with Gasteiger partial charge in [0.2, 0.25) is 0 Å². The zero-order valence-electron chi connectivity index (χ0n) is 11.8. The first-order valence-corrected chi connectivity index (χ1v) is 8.93. The lowest BCUT2D eigenvalue weighted by Gasteiger charge is -2.17. The van der Waals surface area contributed by atoms with Crippen molar-refractivity contribution in [3.05, 3.63) is 42.7 Å². The lowest BCUT2D eigenvalue weighted by molar-refractivity contribution is 0.604. The Balaban J connectivity index is 2.32.